The first-order chi connectivity index (χ1) is 10.7. The number of hydrogen-bond donors (Lipinski definition) is 1. The fourth-order valence-electron chi connectivity index (χ4n) is 2.29. The van der Waals surface area contributed by atoms with Crippen LogP contribution in [-0.4, -0.2) is 22.1 Å². The van der Waals surface area contributed by atoms with E-state index in [0.29, 0.717) is 6.42 Å². The number of nitrogens with zero attached hydrogens (tertiary/aromatic N) is 2. The number of H-pyrrole nitrogens is 1. The number of imidazole rings is 1. The van der Waals surface area contributed by atoms with E-state index in [1.54, 1.807) is 12.3 Å². The van der Waals surface area contributed by atoms with Crippen molar-refractivity contribution in [2.75, 3.05) is 7.11 Å². The van der Waals surface area contributed by atoms with E-state index in [1.165, 1.54) is 13.2 Å². The Kier molecular flexibility index (Phi) is 3.87. The molecule has 0 saturated carbocycles. The molecule has 2 heterocycles. The number of aryl methyl sites for hydroxylation is 1. The van der Waals surface area contributed by atoms with E-state index in [-0.39, 0.29) is 11.6 Å². The van der Waals surface area contributed by atoms with Gasteiger partial charge in [0.05, 0.1) is 24.7 Å². The molecule has 4 nitrogen and oxygen atoms in total. The molecule has 112 valence electrons. The van der Waals surface area contributed by atoms with E-state index in [4.69, 9.17) is 4.74 Å². The highest BCUT2D eigenvalue weighted by Gasteiger charge is 2.08. The van der Waals surface area contributed by atoms with Gasteiger partial charge in [0.15, 0.2) is 11.6 Å². The number of benzene rings is 1. The molecule has 3 aromatic rings. The van der Waals surface area contributed by atoms with Crippen molar-refractivity contribution in [2.24, 2.45) is 0 Å². The van der Waals surface area contributed by atoms with Crippen LogP contribution in [0.3, 0.4) is 0 Å². The molecule has 0 atom stereocenters. The molecular weight excluding hydrogens is 281 g/mol. The van der Waals surface area contributed by atoms with Crippen LogP contribution in [0.1, 0.15) is 17.1 Å². The van der Waals surface area contributed by atoms with Crippen LogP contribution in [0.2, 0.25) is 0 Å². The van der Waals surface area contributed by atoms with Crippen LogP contribution in [0.5, 0.6) is 5.75 Å². The van der Waals surface area contributed by atoms with Crippen LogP contribution in [0, 0.1) is 12.7 Å². The Morgan fingerprint density at radius 2 is 2.09 bits per heavy atom. The Bertz CT molecular complexity index is 798. The molecule has 3 rings (SSSR count). The normalized spacial score (nSPS) is 10.7. The largest absolute Gasteiger partial charge is 0.494 e. The molecule has 0 unspecified atom stereocenters. The lowest BCUT2D eigenvalue weighted by Crippen LogP contribution is -1.94. The Morgan fingerprint density at radius 3 is 2.82 bits per heavy atom. The molecule has 0 radical (unpaired) electrons. The summed E-state index contributed by atoms with van der Waals surface area (Å²) < 4.78 is 18.6. The minimum absolute atomic E-state index is 0.243. The summed E-state index contributed by atoms with van der Waals surface area (Å²) in [5, 5.41) is 0. The number of nitrogens with one attached hydrogen (secondary N) is 1. The number of aromatic amines is 1. The number of aromatic nitrogens is 3. The van der Waals surface area contributed by atoms with Crippen LogP contribution in [0.25, 0.3) is 11.4 Å². The van der Waals surface area contributed by atoms with Gasteiger partial charge in [0.25, 0.3) is 0 Å². The molecule has 1 aromatic carbocycles. The van der Waals surface area contributed by atoms with Crippen LogP contribution >= 0.6 is 0 Å². The lowest BCUT2D eigenvalue weighted by atomic mass is 10.1. The van der Waals surface area contributed by atoms with Crippen molar-refractivity contribution in [1.29, 1.82) is 0 Å². The van der Waals surface area contributed by atoms with Gasteiger partial charge in [-0.05, 0) is 36.8 Å². The number of methoxy groups -OCH3 is 1. The highest BCUT2D eigenvalue weighted by molar-refractivity contribution is 5.53. The first-order valence-electron chi connectivity index (χ1n) is 6.96. The highest BCUT2D eigenvalue weighted by atomic mass is 19.1. The standard InChI is InChI=1S/C17H16FN3O/c1-11-4-3-5-14(20-11)15-10-19-17(21-15)9-12-6-7-16(22-2)13(18)8-12/h3-8,10H,9H2,1-2H3,(H,19,21). The Hall–Kier alpha value is -2.69. The van der Waals surface area contributed by atoms with Crippen molar-refractivity contribution in [2.45, 2.75) is 13.3 Å². The van der Waals surface area contributed by atoms with Gasteiger partial charge in [-0.1, -0.05) is 12.1 Å². The third-order valence-electron chi connectivity index (χ3n) is 3.38. The van der Waals surface area contributed by atoms with Crippen molar-refractivity contribution in [3.8, 4) is 17.1 Å². The molecule has 0 fully saturated rings. The molecule has 2 aromatic heterocycles. The van der Waals surface area contributed by atoms with Gasteiger partial charge in [0.2, 0.25) is 0 Å². The van der Waals surface area contributed by atoms with Gasteiger partial charge in [-0.25, -0.2) is 9.37 Å². The molecule has 22 heavy (non-hydrogen) atoms. The third kappa shape index (κ3) is 2.98. The van der Waals surface area contributed by atoms with E-state index < -0.39 is 0 Å². The number of halogens is 1. The number of hydrogen-bond acceptors (Lipinski definition) is 3. The molecule has 0 amide bonds. The average Bonchev–Trinajstić information content (AvgIpc) is 2.96. The lowest BCUT2D eigenvalue weighted by molar-refractivity contribution is 0.386. The first-order valence-corrected chi connectivity index (χ1v) is 6.96. The van der Waals surface area contributed by atoms with Crippen molar-refractivity contribution in [3.05, 3.63) is 65.5 Å². The summed E-state index contributed by atoms with van der Waals surface area (Å²) in [6.07, 6.45) is 2.27. The predicted molar refractivity (Wildman–Crippen MR) is 82.3 cm³/mol. The zero-order valence-electron chi connectivity index (χ0n) is 12.4. The minimum atomic E-state index is -0.368. The molecule has 0 saturated heterocycles. The topological polar surface area (TPSA) is 50.8 Å². The van der Waals surface area contributed by atoms with Gasteiger partial charge in [-0.15, -0.1) is 0 Å². The second-order valence-corrected chi connectivity index (χ2v) is 5.05. The van der Waals surface area contributed by atoms with E-state index in [0.717, 1.165) is 28.5 Å². The highest BCUT2D eigenvalue weighted by Crippen LogP contribution is 2.20. The summed E-state index contributed by atoms with van der Waals surface area (Å²) in [5.74, 6) is 0.642. The molecule has 1 N–H and O–H groups in total. The average molecular weight is 297 g/mol. The SMILES string of the molecule is COc1ccc(Cc2ncc(-c3cccc(C)n3)[nH]2)cc1F. The third-order valence-corrected chi connectivity index (χ3v) is 3.38. The van der Waals surface area contributed by atoms with E-state index >= 15 is 0 Å². The van der Waals surface area contributed by atoms with Gasteiger partial charge >= 0.3 is 0 Å². The molecule has 0 bridgehead atoms. The maximum atomic E-state index is 13.7. The minimum Gasteiger partial charge on any atom is -0.494 e. The smallest absolute Gasteiger partial charge is 0.165 e. The monoisotopic (exact) mass is 297 g/mol. The number of pyridine rings is 1. The van der Waals surface area contributed by atoms with Crippen molar-refractivity contribution >= 4 is 0 Å². The summed E-state index contributed by atoms with van der Waals surface area (Å²) in [7, 11) is 1.45. The van der Waals surface area contributed by atoms with Gasteiger partial charge in [0.1, 0.15) is 5.82 Å². The Morgan fingerprint density at radius 1 is 1.23 bits per heavy atom. The van der Waals surface area contributed by atoms with Gasteiger partial charge < -0.3 is 9.72 Å². The molecular formula is C17H16FN3O. The molecule has 0 aliphatic heterocycles. The first kappa shape index (κ1) is 14.3. The summed E-state index contributed by atoms with van der Waals surface area (Å²) >= 11 is 0. The molecule has 5 heteroatoms. The van der Waals surface area contributed by atoms with Crippen molar-refractivity contribution < 1.29 is 9.13 Å². The number of rotatable bonds is 4. The second kappa shape index (κ2) is 5.97. The Labute approximate surface area is 128 Å². The van der Waals surface area contributed by atoms with E-state index in [1.807, 2.05) is 31.2 Å². The van der Waals surface area contributed by atoms with Crippen LogP contribution in [-0.2, 0) is 6.42 Å². The van der Waals surface area contributed by atoms with Gasteiger partial charge in [-0.3, -0.25) is 4.98 Å². The summed E-state index contributed by atoms with van der Waals surface area (Å²) in [4.78, 5) is 12.0. The summed E-state index contributed by atoms with van der Waals surface area (Å²) in [6.45, 7) is 1.95. The summed E-state index contributed by atoms with van der Waals surface area (Å²) in [5.41, 5.74) is 3.48. The van der Waals surface area contributed by atoms with E-state index in [2.05, 4.69) is 15.0 Å². The van der Waals surface area contributed by atoms with Gasteiger partial charge in [0, 0.05) is 12.1 Å². The fraction of sp³-hybridized carbons (Fsp3) is 0.176. The zero-order chi connectivity index (χ0) is 15.5. The maximum absolute atomic E-state index is 13.7. The van der Waals surface area contributed by atoms with Crippen LogP contribution in [0.4, 0.5) is 4.39 Å². The quantitative estimate of drug-likeness (QED) is 0.801. The van der Waals surface area contributed by atoms with Crippen molar-refractivity contribution in [3.63, 3.8) is 0 Å². The Balaban J connectivity index is 1.81. The van der Waals surface area contributed by atoms with Crippen LogP contribution in [0.15, 0.2) is 42.6 Å². The molecule has 0 aliphatic carbocycles. The molecule has 0 spiro atoms. The fourth-order valence-corrected chi connectivity index (χ4v) is 2.29. The van der Waals surface area contributed by atoms with E-state index in [9.17, 15) is 4.39 Å². The molecule has 0 aliphatic rings. The zero-order valence-corrected chi connectivity index (χ0v) is 12.4. The van der Waals surface area contributed by atoms with Crippen LogP contribution < -0.4 is 4.74 Å². The lowest BCUT2D eigenvalue weighted by Gasteiger charge is -2.04. The van der Waals surface area contributed by atoms with Gasteiger partial charge in [-0.2, -0.15) is 0 Å². The second-order valence-electron chi connectivity index (χ2n) is 5.05. The number of ether oxygens (including phenoxy) is 1. The van der Waals surface area contributed by atoms with Crippen molar-refractivity contribution in [1.82, 2.24) is 15.0 Å². The maximum Gasteiger partial charge on any atom is 0.165 e. The predicted octanol–water partition coefficient (Wildman–Crippen LogP) is 3.52. The summed E-state index contributed by atoms with van der Waals surface area (Å²) in [6, 6.07) is 10.7.